The first-order valence-electron chi connectivity index (χ1n) is 6.91. The maximum absolute atomic E-state index is 12.0. The minimum Gasteiger partial charge on any atom is -0.349 e. The van der Waals surface area contributed by atoms with Crippen molar-refractivity contribution < 1.29 is 0 Å². The monoisotopic (exact) mass is 286 g/mol. The minimum absolute atomic E-state index is 0.321. The molecule has 0 amide bonds. The van der Waals surface area contributed by atoms with E-state index in [0.29, 0.717) is 18.2 Å². The van der Waals surface area contributed by atoms with Crippen LogP contribution in [0.15, 0.2) is 39.9 Å². The first-order chi connectivity index (χ1) is 10.1. The Hall–Kier alpha value is -2.50. The molecule has 6 nitrogen and oxygen atoms in total. The van der Waals surface area contributed by atoms with Crippen molar-refractivity contribution in [2.75, 3.05) is 30.1 Å². The first-order valence-corrected chi connectivity index (χ1v) is 6.91. The quantitative estimate of drug-likeness (QED) is 0.894. The van der Waals surface area contributed by atoms with Gasteiger partial charge in [0, 0.05) is 20.6 Å². The highest BCUT2D eigenvalue weighted by atomic mass is 16.2. The van der Waals surface area contributed by atoms with E-state index in [4.69, 9.17) is 0 Å². The zero-order valence-electron chi connectivity index (χ0n) is 12.2. The number of rotatable bonds is 3. The zero-order chi connectivity index (χ0) is 15.0. The van der Waals surface area contributed by atoms with Crippen LogP contribution in [-0.2, 0) is 13.5 Å². The van der Waals surface area contributed by atoms with Crippen molar-refractivity contribution in [3.8, 4) is 0 Å². The van der Waals surface area contributed by atoms with Gasteiger partial charge in [-0.15, -0.1) is 0 Å². The van der Waals surface area contributed by atoms with Gasteiger partial charge in [0.2, 0.25) is 0 Å². The predicted octanol–water partition coefficient (Wildman–Crippen LogP) is 0.530. The Morgan fingerprint density at radius 1 is 1.14 bits per heavy atom. The summed E-state index contributed by atoms with van der Waals surface area (Å²) >= 11 is 0. The van der Waals surface area contributed by atoms with Crippen molar-refractivity contribution in [3.63, 3.8) is 0 Å². The molecule has 0 fully saturated rings. The van der Waals surface area contributed by atoms with Gasteiger partial charge in [-0.25, -0.2) is 4.79 Å². The van der Waals surface area contributed by atoms with Crippen LogP contribution >= 0.6 is 0 Å². The molecule has 0 aliphatic carbocycles. The fourth-order valence-electron chi connectivity index (χ4n) is 2.78. The van der Waals surface area contributed by atoms with Crippen LogP contribution in [0.3, 0.4) is 0 Å². The third-order valence-corrected chi connectivity index (χ3v) is 3.85. The van der Waals surface area contributed by atoms with Crippen LogP contribution in [0.25, 0.3) is 0 Å². The molecule has 0 spiro atoms. The molecule has 1 aromatic heterocycles. The second-order valence-corrected chi connectivity index (χ2v) is 5.33. The summed E-state index contributed by atoms with van der Waals surface area (Å²) in [7, 11) is 3.55. The highest BCUT2D eigenvalue weighted by molar-refractivity contribution is 5.71. The van der Waals surface area contributed by atoms with E-state index in [1.54, 1.807) is 7.05 Å². The van der Waals surface area contributed by atoms with E-state index in [1.165, 1.54) is 10.1 Å². The lowest BCUT2D eigenvalue weighted by Crippen LogP contribution is -2.33. The lowest BCUT2D eigenvalue weighted by molar-refractivity contribution is 0.741. The van der Waals surface area contributed by atoms with Crippen molar-refractivity contribution in [1.82, 2.24) is 9.55 Å². The molecular weight excluding hydrogens is 268 g/mol. The topological polar surface area (TPSA) is 61.3 Å². The molecule has 0 bridgehead atoms. The molecule has 0 saturated heterocycles. The average molecular weight is 286 g/mol. The number of hydrogen-bond donors (Lipinski definition) is 1. The van der Waals surface area contributed by atoms with Gasteiger partial charge in [0.05, 0.1) is 6.67 Å². The average Bonchev–Trinajstić information content (AvgIpc) is 2.81. The summed E-state index contributed by atoms with van der Waals surface area (Å²) < 4.78 is 1.51. The summed E-state index contributed by atoms with van der Waals surface area (Å²) in [6.07, 6.45) is 0.870. The first kappa shape index (κ1) is 13.5. The van der Waals surface area contributed by atoms with Crippen LogP contribution < -0.4 is 21.0 Å². The smallest absolute Gasteiger partial charge is 0.329 e. The molecule has 1 aliphatic heterocycles. The number of fused-ring (bicyclic) bond motifs is 1. The van der Waals surface area contributed by atoms with Crippen LogP contribution in [0, 0.1) is 0 Å². The maximum Gasteiger partial charge on any atom is 0.329 e. The van der Waals surface area contributed by atoms with Gasteiger partial charge in [0.25, 0.3) is 5.56 Å². The van der Waals surface area contributed by atoms with Crippen molar-refractivity contribution in [2.45, 2.75) is 6.42 Å². The van der Waals surface area contributed by atoms with Crippen LogP contribution in [0.5, 0.6) is 0 Å². The molecule has 6 heteroatoms. The highest BCUT2D eigenvalue weighted by Gasteiger charge is 2.29. The molecule has 0 unspecified atom stereocenters. The normalized spacial score (nSPS) is 13.6. The fraction of sp³-hybridized carbons (Fsp3) is 0.333. The minimum atomic E-state index is -0.376. The number of H-pyrrole nitrogens is 1. The van der Waals surface area contributed by atoms with E-state index >= 15 is 0 Å². The Morgan fingerprint density at radius 3 is 2.57 bits per heavy atom. The Kier molecular flexibility index (Phi) is 3.29. The number of nitrogens with one attached hydrogen (secondary N) is 1. The Balaban J connectivity index is 1.91. The molecule has 21 heavy (non-hydrogen) atoms. The Bertz CT molecular complexity index is 763. The molecule has 0 atom stereocenters. The standard InChI is InChI=1S/C15H18N4O2/c1-17-10-19(9-8-11-6-4-3-5-7-11)14-12(17)13(20)16-15(21)18(14)2/h3-7H,8-10H2,1-2H3,(H,16,20,21). The van der Waals surface area contributed by atoms with Crippen LogP contribution in [0.4, 0.5) is 11.5 Å². The molecule has 2 heterocycles. The van der Waals surface area contributed by atoms with Gasteiger partial charge >= 0.3 is 5.69 Å². The second-order valence-electron chi connectivity index (χ2n) is 5.33. The van der Waals surface area contributed by atoms with Gasteiger partial charge in [-0.2, -0.15) is 0 Å². The lowest BCUT2D eigenvalue weighted by Gasteiger charge is -2.20. The summed E-state index contributed by atoms with van der Waals surface area (Å²) in [5, 5.41) is 0. The largest absolute Gasteiger partial charge is 0.349 e. The fourth-order valence-corrected chi connectivity index (χ4v) is 2.78. The van der Waals surface area contributed by atoms with Gasteiger partial charge in [-0.3, -0.25) is 14.3 Å². The van der Waals surface area contributed by atoms with E-state index in [-0.39, 0.29) is 11.2 Å². The third-order valence-electron chi connectivity index (χ3n) is 3.85. The molecular formula is C15H18N4O2. The number of aromatic nitrogens is 2. The summed E-state index contributed by atoms with van der Waals surface area (Å²) in [5.41, 5.74) is 1.10. The molecule has 1 aliphatic rings. The Morgan fingerprint density at radius 2 is 1.86 bits per heavy atom. The van der Waals surface area contributed by atoms with Crippen molar-refractivity contribution in [1.29, 1.82) is 0 Å². The third kappa shape index (κ3) is 2.33. The van der Waals surface area contributed by atoms with Crippen molar-refractivity contribution >= 4 is 11.5 Å². The number of hydrogen-bond acceptors (Lipinski definition) is 4. The van der Waals surface area contributed by atoms with Crippen LogP contribution in [0.2, 0.25) is 0 Å². The zero-order valence-corrected chi connectivity index (χ0v) is 12.2. The predicted molar refractivity (Wildman–Crippen MR) is 83.1 cm³/mol. The SMILES string of the molecule is CN1CN(CCc2ccccc2)c2c1c(=O)[nH]c(=O)n2C. The van der Waals surface area contributed by atoms with E-state index in [9.17, 15) is 9.59 Å². The van der Waals surface area contributed by atoms with Crippen LogP contribution in [0.1, 0.15) is 5.56 Å². The van der Waals surface area contributed by atoms with Gasteiger partial charge in [-0.05, 0) is 12.0 Å². The molecule has 0 radical (unpaired) electrons. The summed E-state index contributed by atoms with van der Waals surface area (Å²) in [4.78, 5) is 30.1. The lowest BCUT2D eigenvalue weighted by atomic mass is 10.1. The molecule has 0 saturated carbocycles. The Labute approximate surface area is 122 Å². The summed E-state index contributed by atoms with van der Waals surface area (Å²) in [6, 6.07) is 10.2. The maximum atomic E-state index is 12.0. The van der Waals surface area contributed by atoms with Crippen molar-refractivity contribution in [2.24, 2.45) is 7.05 Å². The molecule has 1 aromatic carbocycles. The molecule has 1 N–H and O–H groups in total. The van der Waals surface area contributed by atoms with E-state index in [1.807, 2.05) is 30.1 Å². The number of benzene rings is 1. The van der Waals surface area contributed by atoms with Gasteiger partial charge in [0.1, 0.15) is 11.5 Å². The van der Waals surface area contributed by atoms with Gasteiger partial charge in [-0.1, -0.05) is 30.3 Å². The van der Waals surface area contributed by atoms with Crippen molar-refractivity contribution in [3.05, 3.63) is 56.7 Å². The molecule has 2 aromatic rings. The van der Waals surface area contributed by atoms with Gasteiger partial charge < -0.3 is 9.80 Å². The number of nitrogens with zero attached hydrogens (tertiary/aromatic N) is 3. The highest BCUT2D eigenvalue weighted by Crippen LogP contribution is 2.29. The number of anilines is 2. The van der Waals surface area contributed by atoms with E-state index < -0.39 is 0 Å². The number of aromatic amines is 1. The van der Waals surface area contributed by atoms with Gasteiger partial charge in [0.15, 0.2) is 0 Å². The summed E-state index contributed by atoms with van der Waals surface area (Å²) in [5.74, 6) is 0.696. The summed E-state index contributed by atoms with van der Waals surface area (Å²) in [6.45, 7) is 1.38. The van der Waals surface area contributed by atoms with E-state index in [0.717, 1.165) is 13.0 Å². The molecule has 3 rings (SSSR count). The van der Waals surface area contributed by atoms with Crippen LogP contribution in [-0.4, -0.2) is 29.8 Å². The molecule has 110 valence electrons. The second kappa shape index (κ2) is 5.12. The van der Waals surface area contributed by atoms with E-state index in [2.05, 4.69) is 22.0 Å².